The first-order chi connectivity index (χ1) is 11.3. The van der Waals surface area contributed by atoms with Gasteiger partial charge in [0.25, 0.3) is 5.91 Å². The molecular weight excluding hydrogens is 290 g/mol. The maximum absolute atomic E-state index is 12.4. The third kappa shape index (κ3) is 2.54. The number of amides is 1. The minimum Gasteiger partial charge on any atom is -0.496 e. The van der Waals surface area contributed by atoms with Crippen LogP contribution in [0.5, 0.6) is 5.75 Å². The molecule has 0 spiro atoms. The molecule has 0 radical (unpaired) electrons. The molecule has 2 N–H and O–H groups in total. The van der Waals surface area contributed by atoms with Crippen molar-refractivity contribution in [3.63, 3.8) is 0 Å². The van der Waals surface area contributed by atoms with E-state index in [0.29, 0.717) is 11.5 Å². The van der Waals surface area contributed by atoms with Gasteiger partial charge in [0.2, 0.25) is 0 Å². The number of imidazole rings is 1. The molecule has 0 aliphatic heterocycles. The van der Waals surface area contributed by atoms with E-state index in [1.165, 1.54) is 0 Å². The summed E-state index contributed by atoms with van der Waals surface area (Å²) in [6, 6.07) is 13.6. The van der Waals surface area contributed by atoms with Crippen LogP contribution >= 0.6 is 0 Å². The van der Waals surface area contributed by atoms with Crippen LogP contribution in [0.15, 0.2) is 48.8 Å². The topological polar surface area (TPSA) is 67.0 Å². The highest BCUT2D eigenvalue weighted by atomic mass is 16.5. The van der Waals surface area contributed by atoms with Gasteiger partial charge in [-0.15, -0.1) is 0 Å². The number of para-hydroxylation sites is 1. The van der Waals surface area contributed by atoms with Gasteiger partial charge < -0.3 is 15.0 Å². The van der Waals surface area contributed by atoms with Crippen LogP contribution in [0.25, 0.3) is 11.0 Å². The lowest BCUT2D eigenvalue weighted by atomic mass is 10.1. The summed E-state index contributed by atoms with van der Waals surface area (Å²) in [5, 5.41) is 3.10. The highest BCUT2D eigenvalue weighted by Gasteiger charge is 2.41. The van der Waals surface area contributed by atoms with Gasteiger partial charge in [-0.3, -0.25) is 4.79 Å². The molecule has 1 saturated carbocycles. The SMILES string of the molecule is COc1ccccc1C1CC1NC(=O)c1ccc2nc[nH]c2c1. The number of aromatic amines is 1. The Hall–Kier alpha value is -2.82. The van der Waals surface area contributed by atoms with Crippen LogP contribution in [-0.4, -0.2) is 29.0 Å². The normalized spacial score (nSPS) is 19.5. The molecule has 5 nitrogen and oxygen atoms in total. The van der Waals surface area contributed by atoms with E-state index >= 15 is 0 Å². The van der Waals surface area contributed by atoms with Crippen LogP contribution in [0.1, 0.15) is 28.3 Å². The highest BCUT2D eigenvalue weighted by Crippen LogP contribution is 2.44. The maximum atomic E-state index is 12.4. The van der Waals surface area contributed by atoms with Gasteiger partial charge in [-0.05, 0) is 36.2 Å². The Bertz CT molecular complexity index is 871. The predicted molar refractivity (Wildman–Crippen MR) is 87.7 cm³/mol. The fourth-order valence-electron chi connectivity index (χ4n) is 3.00. The Morgan fingerprint density at radius 2 is 2.17 bits per heavy atom. The number of methoxy groups -OCH3 is 1. The van der Waals surface area contributed by atoms with Gasteiger partial charge in [0.1, 0.15) is 5.75 Å². The Kier molecular flexibility index (Phi) is 3.26. The Labute approximate surface area is 133 Å². The Balaban J connectivity index is 1.48. The fraction of sp³-hybridized carbons (Fsp3) is 0.222. The number of hydrogen-bond donors (Lipinski definition) is 2. The van der Waals surface area contributed by atoms with E-state index in [1.54, 1.807) is 19.5 Å². The molecule has 0 saturated heterocycles. The number of H-pyrrole nitrogens is 1. The van der Waals surface area contributed by atoms with Gasteiger partial charge in [-0.25, -0.2) is 4.98 Å². The molecule has 2 aromatic carbocycles. The van der Waals surface area contributed by atoms with Crippen molar-refractivity contribution in [2.24, 2.45) is 0 Å². The van der Waals surface area contributed by atoms with Crippen molar-refractivity contribution in [1.82, 2.24) is 15.3 Å². The molecule has 23 heavy (non-hydrogen) atoms. The number of aromatic nitrogens is 2. The van der Waals surface area contributed by atoms with Crippen molar-refractivity contribution in [1.29, 1.82) is 0 Å². The molecule has 0 bridgehead atoms. The molecule has 3 aromatic rings. The van der Waals surface area contributed by atoms with Crippen LogP contribution in [-0.2, 0) is 0 Å². The van der Waals surface area contributed by atoms with Crippen LogP contribution in [0, 0.1) is 0 Å². The number of carbonyl (C=O) groups is 1. The average molecular weight is 307 g/mol. The molecule has 1 aliphatic rings. The van der Waals surface area contributed by atoms with E-state index in [4.69, 9.17) is 4.74 Å². The number of rotatable bonds is 4. The van der Waals surface area contributed by atoms with Crippen LogP contribution in [0.3, 0.4) is 0 Å². The second-order valence-corrected chi connectivity index (χ2v) is 5.80. The Morgan fingerprint density at radius 1 is 1.30 bits per heavy atom. The fourth-order valence-corrected chi connectivity index (χ4v) is 3.00. The first-order valence-electron chi connectivity index (χ1n) is 7.63. The average Bonchev–Trinajstić information content (AvgIpc) is 3.18. The Morgan fingerprint density at radius 3 is 3.04 bits per heavy atom. The number of hydrogen-bond acceptors (Lipinski definition) is 3. The van der Waals surface area contributed by atoms with Crippen molar-refractivity contribution < 1.29 is 9.53 Å². The smallest absolute Gasteiger partial charge is 0.251 e. The molecule has 116 valence electrons. The summed E-state index contributed by atoms with van der Waals surface area (Å²) in [5.74, 6) is 1.16. The van der Waals surface area contributed by atoms with E-state index in [2.05, 4.69) is 21.4 Å². The summed E-state index contributed by atoms with van der Waals surface area (Å²) in [6.45, 7) is 0. The minimum atomic E-state index is -0.0519. The van der Waals surface area contributed by atoms with E-state index in [1.807, 2.05) is 30.3 Å². The summed E-state index contributed by atoms with van der Waals surface area (Å²) in [7, 11) is 1.68. The number of nitrogens with one attached hydrogen (secondary N) is 2. The van der Waals surface area contributed by atoms with Crippen molar-refractivity contribution in [2.45, 2.75) is 18.4 Å². The number of benzene rings is 2. The summed E-state index contributed by atoms with van der Waals surface area (Å²) < 4.78 is 5.40. The maximum Gasteiger partial charge on any atom is 0.251 e. The zero-order valence-corrected chi connectivity index (χ0v) is 12.7. The third-order valence-corrected chi connectivity index (χ3v) is 4.33. The predicted octanol–water partition coefficient (Wildman–Crippen LogP) is 2.86. The highest BCUT2D eigenvalue weighted by molar-refractivity contribution is 5.97. The number of ether oxygens (including phenoxy) is 1. The molecule has 1 amide bonds. The zero-order valence-electron chi connectivity index (χ0n) is 12.7. The van der Waals surface area contributed by atoms with Gasteiger partial charge in [0.15, 0.2) is 0 Å². The summed E-state index contributed by atoms with van der Waals surface area (Å²) >= 11 is 0. The molecule has 1 aromatic heterocycles. The number of fused-ring (bicyclic) bond motifs is 1. The van der Waals surface area contributed by atoms with Gasteiger partial charge in [0, 0.05) is 17.5 Å². The van der Waals surface area contributed by atoms with Crippen molar-refractivity contribution >= 4 is 16.9 Å². The molecule has 4 rings (SSSR count). The standard InChI is InChI=1S/C18H17N3O2/c1-23-17-5-3-2-4-12(17)13-9-15(13)21-18(22)11-6-7-14-16(8-11)20-10-19-14/h2-8,10,13,15H,9H2,1H3,(H,19,20)(H,21,22). The van der Waals surface area contributed by atoms with E-state index in [-0.39, 0.29) is 11.9 Å². The second-order valence-electron chi connectivity index (χ2n) is 5.80. The molecular formula is C18H17N3O2. The number of carbonyl (C=O) groups excluding carboxylic acids is 1. The van der Waals surface area contributed by atoms with Crippen LogP contribution in [0.4, 0.5) is 0 Å². The molecule has 1 aliphatic carbocycles. The van der Waals surface area contributed by atoms with Gasteiger partial charge in [-0.2, -0.15) is 0 Å². The van der Waals surface area contributed by atoms with Gasteiger partial charge >= 0.3 is 0 Å². The molecule has 2 atom stereocenters. The molecule has 1 heterocycles. The van der Waals surface area contributed by atoms with Gasteiger partial charge in [-0.1, -0.05) is 18.2 Å². The van der Waals surface area contributed by atoms with Crippen molar-refractivity contribution in [3.05, 3.63) is 59.9 Å². The first kappa shape index (κ1) is 13.8. The lowest BCUT2D eigenvalue weighted by Gasteiger charge is -2.08. The third-order valence-electron chi connectivity index (χ3n) is 4.33. The molecule has 1 fully saturated rings. The van der Waals surface area contributed by atoms with E-state index in [9.17, 15) is 4.79 Å². The summed E-state index contributed by atoms with van der Waals surface area (Å²) in [5.41, 5.74) is 3.53. The zero-order chi connectivity index (χ0) is 15.8. The molecule has 5 heteroatoms. The van der Waals surface area contributed by atoms with Gasteiger partial charge in [0.05, 0.1) is 24.5 Å². The van der Waals surface area contributed by atoms with Crippen LogP contribution < -0.4 is 10.1 Å². The molecule has 2 unspecified atom stereocenters. The summed E-state index contributed by atoms with van der Waals surface area (Å²) in [4.78, 5) is 19.6. The largest absolute Gasteiger partial charge is 0.496 e. The van der Waals surface area contributed by atoms with E-state index in [0.717, 1.165) is 28.8 Å². The summed E-state index contributed by atoms with van der Waals surface area (Å²) in [6.07, 6.45) is 2.57. The number of nitrogens with zero attached hydrogens (tertiary/aromatic N) is 1. The van der Waals surface area contributed by atoms with Crippen LogP contribution in [0.2, 0.25) is 0 Å². The minimum absolute atomic E-state index is 0.0519. The monoisotopic (exact) mass is 307 g/mol. The van der Waals surface area contributed by atoms with E-state index < -0.39 is 0 Å². The second kappa shape index (κ2) is 5.43. The lowest BCUT2D eigenvalue weighted by Crippen LogP contribution is -2.26. The van der Waals surface area contributed by atoms with Crippen molar-refractivity contribution in [3.8, 4) is 5.75 Å². The lowest BCUT2D eigenvalue weighted by molar-refractivity contribution is 0.0950. The van der Waals surface area contributed by atoms with Crippen molar-refractivity contribution in [2.75, 3.05) is 7.11 Å². The quantitative estimate of drug-likeness (QED) is 0.779. The first-order valence-corrected chi connectivity index (χ1v) is 7.63.